The smallest absolute Gasteiger partial charge is 0.205 e. The number of hydrogen-bond donors (Lipinski definition) is 0. The molecular weight excluding hydrogens is 344 g/mol. The van der Waals surface area contributed by atoms with E-state index in [4.69, 9.17) is 11.6 Å². The number of aromatic nitrogens is 4. The van der Waals surface area contributed by atoms with Gasteiger partial charge in [0.05, 0.1) is 15.7 Å². The number of carbonyl (C=O) groups is 1. The molecule has 2 aromatic heterocycles. The molecule has 0 aliphatic heterocycles. The van der Waals surface area contributed by atoms with Gasteiger partial charge < -0.3 is 0 Å². The lowest BCUT2D eigenvalue weighted by Gasteiger charge is -2.00. The lowest BCUT2D eigenvalue weighted by Crippen LogP contribution is -2.07. The Morgan fingerprint density at radius 3 is 2.80 bits per heavy atom. The van der Waals surface area contributed by atoms with Crippen LogP contribution < -0.4 is 0 Å². The fraction of sp³-hybridized carbons (Fsp3) is 0.308. The summed E-state index contributed by atoms with van der Waals surface area (Å²) in [7, 11) is 0. The van der Waals surface area contributed by atoms with E-state index in [2.05, 4.69) is 26.1 Å². The zero-order valence-corrected chi connectivity index (χ0v) is 13.5. The molecule has 0 spiro atoms. The monoisotopic (exact) mass is 356 g/mol. The van der Waals surface area contributed by atoms with E-state index in [1.54, 1.807) is 27.8 Å². The van der Waals surface area contributed by atoms with Gasteiger partial charge in [0.25, 0.3) is 0 Å². The third-order valence-electron chi connectivity index (χ3n) is 2.79. The molecular formula is C13H14BrClN4O. The first-order chi connectivity index (χ1) is 9.56. The minimum absolute atomic E-state index is 0.140. The van der Waals surface area contributed by atoms with Gasteiger partial charge in [-0.2, -0.15) is 10.2 Å². The van der Waals surface area contributed by atoms with Crippen LogP contribution in [0.4, 0.5) is 0 Å². The second-order valence-electron chi connectivity index (χ2n) is 4.07. The molecule has 20 heavy (non-hydrogen) atoms. The summed E-state index contributed by atoms with van der Waals surface area (Å²) < 4.78 is 4.04. The molecule has 2 rings (SSSR count). The van der Waals surface area contributed by atoms with Crippen LogP contribution in [0.3, 0.4) is 0 Å². The van der Waals surface area contributed by atoms with Crippen LogP contribution in [0.15, 0.2) is 22.9 Å². The highest BCUT2D eigenvalue weighted by Gasteiger charge is 2.14. The average Bonchev–Trinajstić information content (AvgIpc) is 2.99. The molecule has 0 unspecified atom stereocenters. The molecule has 0 fully saturated rings. The standard InChI is InChI=1S/C13H14BrClN4O/c1-3-18-8-10(15)11(17-18)5-6-12(20)13-9(14)7-16-19(13)4-2/h5-8H,3-4H2,1-2H3/b6-5+. The van der Waals surface area contributed by atoms with Crippen molar-refractivity contribution in [2.45, 2.75) is 26.9 Å². The van der Waals surface area contributed by atoms with E-state index in [1.807, 2.05) is 13.8 Å². The van der Waals surface area contributed by atoms with Gasteiger partial charge in [-0.1, -0.05) is 11.6 Å². The van der Waals surface area contributed by atoms with Crippen molar-refractivity contribution < 1.29 is 4.79 Å². The highest BCUT2D eigenvalue weighted by molar-refractivity contribution is 9.10. The Balaban J connectivity index is 2.24. The van der Waals surface area contributed by atoms with Gasteiger partial charge in [-0.05, 0) is 41.9 Å². The molecule has 2 aromatic rings. The van der Waals surface area contributed by atoms with E-state index in [0.717, 1.165) is 6.54 Å². The Morgan fingerprint density at radius 1 is 1.45 bits per heavy atom. The number of carbonyl (C=O) groups excluding carboxylic acids is 1. The molecule has 0 atom stereocenters. The molecule has 5 nitrogen and oxygen atoms in total. The van der Waals surface area contributed by atoms with Gasteiger partial charge >= 0.3 is 0 Å². The summed E-state index contributed by atoms with van der Waals surface area (Å²) in [5.41, 5.74) is 1.11. The van der Waals surface area contributed by atoms with Crippen LogP contribution in [0.1, 0.15) is 30.0 Å². The Hall–Kier alpha value is -1.40. The molecule has 0 radical (unpaired) electrons. The Bertz CT molecular complexity index is 659. The summed E-state index contributed by atoms with van der Waals surface area (Å²) in [6.45, 7) is 5.26. The largest absolute Gasteiger partial charge is 0.288 e. The van der Waals surface area contributed by atoms with Gasteiger partial charge in [0.1, 0.15) is 11.4 Å². The molecule has 0 bridgehead atoms. The van der Waals surface area contributed by atoms with Gasteiger partial charge in [-0.25, -0.2) is 0 Å². The second kappa shape index (κ2) is 6.37. The van der Waals surface area contributed by atoms with Crippen molar-refractivity contribution in [3.05, 3.63) is 39.4 Å². The Kier molecular flexibility index (Phi) is 4.77. The molecule has 2 heterocycles. The third-order valence-corrected chi connectivity index (χ3v) is 3.66. The zero-order valence-electron chi connectivity index (χ0n) is 11.2. The van der Waals surface area contributed by atoms with Gasteiger partial charge in [-0.3, -0.25) is 14.2 Å². The maximum Gasteiger partial charge on any atom is 0.205 e. The van der Waals surface area contributed by atoms with Crippen LogP contribution in [-0.2, 0) is 13.1 Å². The van der Waals surface area contributed by atoms with Crippen molar-refractivity contribution in [1.29, 1.82) is 0 Å². The summed E-state index contributed by atoms with van der Waals surface area (Å²) >= 11 is 9.38. The van der Waals surface area contributed by atoms with Crippen LogP contribution in [0.5, 0.6) is 0 Å². The molecule has 0 aromatic carbocycles. The molecule has 7 heteroatoms. The van der Waals surface area contributed by atoms with Crippen molar-refractivity contribution in [3.63, 3.8) is 0 Å². The van der Waals surface area contributed by atoms with Crippen molar-refractivity contribution in [3.8, 4) is 0 Å². The number of halogens is 2. The Labute approximate surface area is 130 Å². The van der Waals surface area contributed by atoms with Crippen LogP contribution in [0, 0.1) is 0 Å². The van der Waals surface area contributed by atoms with Crippen LogP contribution in [-0.4, -0.2) is 25.3 Å². The number of rotatable bonds is 5. The summed E-state index contributed by atoms with van der Waals surface area (Å²) in [5, 5.41) is 8.90. The van der Waals surface area contributed by atoms with Gasteiger partial charge in [0, 0.05) is 19.3 Å². The van der Waals surface area contributed by atoms with Gasteiger partial charge in [-0.15, -0.1) is 0 Å². The lowest BCUT2D eigenvalue weighted by atomic mass is 10.2. The van der Waals surface area contributed by atoms with E-state index < -0.39 is 0 Å². The summed E-state index contributed by atoms with van der Waals surface area (Å²) in [6, 6.07) is 0. The maximum absolute atomic E-state index is 12.2. The predicted molar refractivity (Wildman–Crippen MR) is 81.9 cm³/mol. The van der Waals surface area contributed by atoms with E-state index in [0.29, 0.717) is 27.4 Å². The van der Waals surface area contributed by atoms with Crippen molar-refractivity contribution in [2.24, 2.45) is 0 Å². The van der Waals surface area contributed by atoms with E-state index in [-0.39, 0.29) is 5.78 Å². The predicted octanol–water partition coefficient (Wildman–Crippen LogP) is 3.43. The Morgan fingerprint density at radius 2 is 2.20 bits per heavy atom. The fourth-order valence-corrected chi connectivity index (χ4v) is 2.47. The molecule has 0 amide bonds. The summed E-state index contributed by atoms with van der Waals surface area (Å²) in [6.07, 6.45) is 6.43. The van der Waals surface area contributed by atoms with Crippen LogP contribution >= 0.6 is 27.5 Å². The lowest BCUT2D eigenvalue weighted by molar-refractivity contribution is 0.103. The maximum atomic E-state index is 12.2. The molecule has 0 N–H and O–H groups in total. The van der Waals surface area contributed by atoms with Crippen LogP contribution in [0.2, 0.25) is 5.02 Å². The first-order valence-corrected chi connectivity index (χ1v) is 7.40. The minimum atomic E-state index is -0.140. The normalized spacial score (nSPS) is 11.4. The average molecular weight is 358 g/mol. The molecule has 0 aliphatic rings. The van der Waals surface area contributed by atoms with Crippen LogP contribution in [0.25, 0.3) is 6.08 Å². The number of nitrogens with zero attached hydrogens (tertiary/aromatic N) is 4. The quantitative estimate of drug-likeness (QED) is 0.608. The minimum Gasteiger partial charge on any atom is -0.288 e. The van der Waals surface area contributed by atoms with Crippen molar-refractivity contribution in [2.75, 3.05) is 0 Å². The molecule has 0 saturated heterocycles. The molecule has 0 aliphatic carbocycles. The highest BCUT2D eigenvalue weighted by Crippen LogP contribution is 2.19. The van der Waals surface area contributed by atoms with E-state index in [1.165, 1.54) is 6.08 Å². The first kappa shape index (κ1) is 15.0. The van der Waals surface area contributed by atoms with Gasteiger partial charge in [0.15, 0.2) is 0 Å². The molecule has 0 saturated carbocycles. The van der Waals surface area contributed by atoms with Crippen molar-refractivity contribution >= 4 is 39.4 Å². The number of ketones is 1. The number of allylic oxidation sites excluding steroid dienone is 1. The zero-order chi connectivity index (χ0) is 14.7. The van der Waals surface area contributed by atoms with E-state index in [9.17, 15) is 4.79 Å². The second-order valence-corrected chi connectivity index (χ2v) is 5.33. The van der Waals surface area contributed by atoms with Gasteiger partial charge in [0.2, 0.25) is 5.78 Å². The number of hydrogen-bond acceptors (Lipinski definition) is 3. The summed E-state index contributed by atoms with van der Waals surface area (Å²) in [4.78, 5) is 12.2. The fourth-order valence-electron chi connectivity index (χ4n) is 1.77. The third kappa shape index (κ3) is 3.02. The topological polar surface area (TPSA) is 52.7 Å². The number of aryl methyl sites for hydroxylation is 2. The summed E-state index contributed by atoms with van der Waals surface area (Å²) in [5.74, 6) is -0.140. The van der Waals surface area contributed by atoms with Crippen molar-refractivity contribution in [1.82, 2.24) is 19.6 Å². The highest BCUT2D eigenvalue weighted by atomic mass is 79.9. The van der Waals surface area contributed by atoms with E-state index >= 15 is 0 Å². The molecule has 106 valence electrons. The first-order valence-electron chi connectivity index (χ1n) is 6.23. The SMILES string of the molecule is CCn1cc(Cl)c(/C=C/C(=O)c2c(Br)cnn2CC)n1.